The molecule has 1 aliphatic rings. The number of nitrogens with zero attached hydrogens (tertiary/aromatic N) is 3. The molecule has 2 aromatic carbocycles. The van der Waals surface area contributed by atoms with Gasteiger partial charge in [0, 0.05) is 30.4 Å². The number of oxazole rings is 1. The maximum Gasteiger partial charge on any atom is 0.420 e. The quantitative estimate of drug-likeness (QED) is 0.552. The van der Waals surface area contributed by atoms with Crippen molar-refractivity contribution in [3.63, 3.8) is 0 Å². The van der Waals surface area contributed by atoms with Gasteiger partial charge in [-0.2, -0.15) is 5.10 Å². The van der Waals surface area contributed by atoms with Gasteiger partial charge in [0.05, 0.1) is 17.8 Å². The van der Waals surface area contributed by atoms with Crippen LogP contribution in [0.1, 0.15) is 32.9 Å². The molecule has 2 aromatic heterocycles. The summed E-state index contributed by atoms with van der Waals surface area (Å²) >= 11 is 0. The monoisotopic (exact) mass is 420 g/mol. The number of amides is 1. The SMILES string of the molecule is Cc1nn(C)c(C)c1Cn1c(=O)oc2c(F)cc(-c3ccc4c(c3)C(=O)NCC4)cc21. The lowest BCUT2D eigenvalue weighted by atomic mass is 9.95. The highest BCUT2D eigenvalue weighted by atomic mass is 19.1. The van der Waals surface area contributed by atoms with Crippen molar-refractivity contribution in [1.29, 1.82) is 0 Å². The second-order valence-corrected chi connectivity index (χ2v) is 7.91. The van der Waals surface area contributed by atoms with E-state index in [1.54, 1.807) is 16.8 Å². The lowest BCUT2D eigenvalue weighted by Crippen LogP contribution is -2.31. The van der Waals surface area contributed by atoms with E-state index in [4.69, 9.17) is 4.42 Å². The average molecular weight is 420 g/mol. The lowest BCUT2D eigenvalue weighted by Gasteiger charge is -2.17. The van der Waals surface area contributed by atoms with Crippen LogP contribution in [0.15, 0.2) is 39.5 Å². The fourth-order valence-corrected chi connectivity index (χ4v) is 4.23. The van der Waals surface area contributed by atoms with E-state index in [2.05, 4.69) is 10.4 Å². The normalized spacial score (nSPS) is 13.5. The maximum atomic E-state index is 14.9. The van der Waals surface area contributed by atoms with Gasteiger partial charge in [-0.15, -0.1) is 0 Å². The number of aryl methyl sites for hydroxylation is 2. The largest absolute Gasteiger partial charge is 0.420 e. The van der Waals surface area contributed by atoms with E-state index in [-0.39, 0.29) is 18.0 Å². The van der Waals surface area contributed by atoms with E-state index in [0.717, 1.165) is 28.9 Å². The Morgan fingerprint density at radius 1 is 1.16 bits per heavy atom. The van der Waals surface area contributed by atoms with Gasteiger partial charge in [0.25, 0.3) is 5.91 Å². The molecular weight excluding hydrogens is 399 g/mol. The van der Waals surface area contributed by atoms with Crippen molar-refractivity contribution in [2.75, 3.05) is 6.54 Å². The fourth-order valence-electron chi connectivity index (χ4n) is 4.23. The Labute approximate surface area is 177 Å². The Hall–Kier alpha value is -3.68. The number of hydrogen-bond donors (Lipinski definition) is 1. The number of nitrogens with one attached hydrogen (secondary N) is 1. The average Bonchev–Trinajstić information content (AvgIpc) is 3.19. The first-order valence-electron chi connectivity index (χ1n) is 10.1. The van der Waals surface area contributed by atoms with E-state index in [9.17, 15) is 14.0 Å². The molecule has 0 radical (unpaired) electrons. The zero-order chi connectivity index (χ0) is 21.9. The Bertz CT molecular complexity index is 1430. The molecule has 0 saturated carbocycles. The first kappa shape index (κ1) is 19.3. The van der Waals surface area contributed by atoms with Crippen molar-refractivity contribution >= 4 is 17.0 Å². The summed E-state index contributed by atoms with van der Waals surface area (Å²) in [6, 6.07) is 8.60. The summed E-state index contributed by atoms with van der Waals surface area (Å²) in [7, 11) is 1.84. The van der Waals surface area contributed by atoms with Crippen LogP contribution in [-0.4, -0.2) is 26.8 Å². The van der Waals surface area contributed by atoms with Gasteiger partial charge in [0.1, 0.15) is 0 Å². The summed E-state index contributed by atoms with van der Waals surface area (Å²) in [5, 5.41) is 7.22. The summed E-state index contributed by atoms with van der Waals surface area (Å²) in [4.78, 5) is 24.8. The molecule has 0 unspecified atom stereocenters. The number of halogens is 1. The number of rotatable bonds is 3. The highest BCUT2D eigenvalue weighted by Crippen LogP contribution is 2.29. The molecule has 0 saturated heterocycles. The lowest BCUT2D eigenvalue weighted by molar-refractivity contribution is 0.0946. The van der Waals surface area contributed by atoms with Crippen molar-refractivity contribution < 1.29 is 13.6 Å². The molecular formula is C23H21FN4O3. The summed E-state index contributed by atoms with van der Waals surface area (Å²) in [6.07, 6.45) is 0.764. The molecule has 158 valence electrons. The number of fused-ring (bicyclic) bond motifs is 2. The zero-order valence-electron chi connectivity index (χ0n) is 17.5. The molecule has 0 fully saturated rings. The van der Waals surface area contributed by atoms with Crippen LogP contribution in [0.25, 0.3) is 22.2 Å². The highest BCUT2D eigenvalue weighted by Gasteiger charge is 2.21. The van der Waals surface area contributed by atoms with Gasteiger partial charge >= 0.3 is 5.76 Å². The summed E-state index contributed by atoms with van der Waals surface area (Å²) in [6.45, 7) is 4.64. The topological polar surface area (TPSA) is 82.1 Å². The van der Waals surface area contributed by atoms with E-state index < -0.39 is 11.6 Å². The molecule has 8 heteroatoms. The molecule has 0 atom stereocenters. The van der Waals surface area contributed by atoms with Crippen LogP contribution in [0.5, 0.6) is 0 Å². The van der Waals surface area contributed by atoms with Crippen molar-refractivity contribution in [3.8, 4) is 11.1 Å². The molecule has 1 amide bonds. The van der Waals surface area contributed by atoms with E-state index in [1.807, 2.05) is 33.0 Å². The van der Waals surface area contributed by atoms with Crippen molar-refractivity contribution in [2.45, 2.75) is 26.8 Å². The fraction of sp³-hybridized carbons (Fsp3) is 0.261. The van der Waals surface area contributed by atoms with Crippen molar-refractivity contribution in [2.24, 2.45) is 7.05 Å². The summed E-state index contributed by atoms with van der Waals surface area (Å²) < 4.78 is 23.3. The van der Waals surface area contributed by atoms with Gasteiger partial charge in [0.15, 0.2) is 11.4 Å². The third kappa shape index (κ3) is 3.06. The molecule has 7 nitrogen and oxygen atoms in total. The van der Waals surface area contributed by atoms with Gasteiger partial charge in [-0.25, -0.2) is 9.18 Å². The van der Waals surface area contributed by atoms with Crippen LogP contribution in [0, 0.1) is 19.7 Å². The second kappa shape index (κ2) is 6.94. The first-order chi connectivity index (χ1) is 14.8. The van der Waals surface area contributed by atoms with Gasteiger partial charge in [-0.3, -0.25) is 14.0 Å². The Balaban J connectivity index is 1.65. The number of carbonyl (C=O) groups is 1. The minimum absolute atomic E-state index is 0.0800. The van der Waals surface area contributed by atoms with E-state index >= 15 is 0 Å². The molecule has 0 spiro atoms. The van der Waals surface area contributed by atoms with Gasteiger partial charge in [-0.05, 0) is 55.2 Å². The third-order valence-corrected chi connectivity index (χ3v) is 6.07. The molecule has 1 N–H and O–H groups in total. The van der Waals surface area contributed by atoms with E-state index in [0.29, 0.717) is 28.8 Å². The Morgan fingerprint density at radius 3 is 2.71 bits per heavy atom. The summed E-state index contributed by atoms with van der Waals surface area (Å²) in [5.41, 5.74) is 5.74. The van der Waals surface area contributed by atoms with Crippen LogP contribution in [0.2, 0.25) is 0 Å². The standard InChI is InChI=1S/C23H21FN4O3/c1-12-18(13(2)27(3)26-12)11-28-20-10-16(9-19(24)21(20)31-23(28)30)15-5-4-14-6-7-25-22(29)17(14)8-15/h4-5,8-10H,6-7,11H2,1-3H3,(H,25,29). The molecule has 0 bridgehead atoms. The minimum Gasteiger partial charge on any atom is -0.405 e. The Kier molecular flexibility index (Phi) is 4.32. The number of hydrogen-bond acceptors (Lipinski definition) is 4. The molecule has 3 heterocycles. The van der Waals surface area contributed by atoms with E-state index in [1.165, 1.54) is 10.6 Å². The first-order valence-corrected chi connectivity index (χ1v) is 10.1. The zero-order valence-corrected chi connectivity index (χ0v) is 17.5. The molecule has 31 heavy (non-hydrogen) atoms. The van der Waals surface area contributed by atoms with Crippen LogP contribution >= 0.6 is 0 Å². The molecule has 0 aliphatic carbocycles. The van der Waals surface area contributed by atoms with Gasteiger partial charge in [-0.1, -0.05) is 12.1 Å². The smallest absolute Gasteiger partial charge is 0.405 e. The summed E-state index contributed by atoms with van der Waals surface area (Å²) in [5.74, 6) is -1.38. The highest BCUT2D eigenvalue weighted by molar-refractivity contribution is 5.98. The number of aromatic nitrogens is 3. The minimum atomic E-state index is -0.626. The predicted octanol–water partition coefficient (Wildman–Crippen LogP) is 3.09. The van der Waals surface area contributed by atoms with Crippen LogP contribution in [0.4, 0.5) is 4.39 Å². The van der Waals surface area contributed by atoms with Gasteiger partial charge < -0.3 is 9.73 Å². The maximum absolute atomic E-state index is 14.9. The van der Waals surface area contributed by atoms with Crippen LogP contribution < -0.4 is 11.1 Å². The van der Waals surface area contributed by atoms with Crippen LogP contribution in [0.3, 0.4) is 0 Å². The Morgan fingerprint density at radius 2 is 1.97 bits per heavy atom. The third-order valence-electron chi connectivity index (χ3n) is 6.07. The van der Waals surface area contributed by atoms with Crippen molar-refractivity contribution in [3.05, 3.63) is 74.8 Å². The number of carbonyl (C=O) groups excluding carboxylic acids is 1. The molecule has 5 rings (SSSR count). The molecule has 1 aliphatic heterocycles. The van der Waals surface area contributed by atoms with Crippen LogP contribution in [-0.2, 0) is 20.0 Å². The predicted molar refractivity (Wildman–Crippen MR) is 114 cm³/mol. The number of benzene rings is 2. The second-order valence-electron chi connectivity index (χ2n) is 7.91. The van der Waals surface area contributed by atoms with Crippen molar-refractivity contribution in [1.82, 2.24) is 19.7 Å². The molecule has 4 aromatic rings. The van der Waals surface area contributed by atoms with Gasteiger partial charge in [0.2, 0.25) is 0 Å².